The second-order valence-corrected chi connectivity index (χ2v) is 29.7. The maximum absolute atomic E-state index is 2.42. The number of benzene rings is 19. The molecule has 0 saturated heterocycles. The summed E-state index contributed by atoms with van der Waals surface area (Å²) in [5.41, 5.74) is 28.5. The molecule has 2 aliphatic carbocycles. The van der Waals surface area contributed by atoms with E-state index >= 15 is 0 Å². The van der Waals surface area contributed by atoms with Crippen molar-refractivity contribution < 1.29 is 0 Å². The molecule has 0 heteroatoms. The smallest absolute Gasteiger partial charge is 0.0165 e. The molecule has 0 aromatic heterocycles. The van der Waals surface area contributed by atoms with E-state index in [-0.39, 0.29) is 10.8 Å². The van der Waals surface area contributed by atoms with E-state index in [1.54, 1.807) is 0 Å². The first kappa shape index (κ1) is 61.2. The van der Waals surface area contributed by atoms with E-state index in [1.807, 2.05) is 0 Å². The summed E-state index contributed by atoms with van der Waals surface area (Å²) in [6.07, 6.45) is 0. The third-order valence-corrected chi connectivity index (χ3v) is 23.2. The number of fused-ring (bicyclic) bond motifs is 15. The predicted molar refractivity (Wildman–Crippen MR) is 446 cm³/mol. The summed E-state index contributed by atoms with van der Waals surface area (Å²) in [6.45, 7) is 9.57. The summed E-state index contributed by atoms with van der Waals surface area (Å²) in [6, 6.07) is 135. The first-order chi connectivity index (χ1) is 51.1. The van der Waals surface area contributed by atoms with Crippen molar-refractivity contribution in [3.63, 3.8) is 0 Å². The Morgan fingerprint density at radius 3 is 0.923 bits per heavy atom. The molecule has 104 heavy (non-hydrogen) atoms. The molecule has 0 saturated carbocycles. The molecule has 0 nitrogen and oxygen atoms in total. The Labute approximate surface area is 607 Å². The lowest BCUT2D eigenvalue weighted by Gasteiger charge is -2.25. The molecule has 21 rings (SSSR count). The average Bonchev–Trinajstić information content (AvgIpc) is 1.34. The van der Waals surface area contributed by atoms with Gasteiger partial charge >= 0.3 is 0 Å². The van der Waals surface area contributed by atoms with Crippen molar-refractivity contribution in [3.8, 4) is 100 Å². The molecular weight excluding hydrogens is 1250 g/mol. The van der Waals surface area contributed by atoms with Crippen molar-refractivity contribution in [2.24, 2.45) is 0 Å². The van der Waals surface area contributed by atoms with Gasteiger partial charge in [0.25, 0.3) is 0 Å². The standard InChI is InChI=1S/C53H36.C51H36/c1-53(2)49-32-37-14-4-3-13-36(37)31-48(49)47-21-11-20-42(52(47)53)34-22-25-35(26-23-34)50-43-16-7-9-18-45(43)51(46-19-10-8-17-44(46)50)39-28-29-41-38(30-39)27-24-33-12-5-6-15-40(33)41;1-51(2)47-32-37-17-7-6-16-36(37)31-46(47)45-25-13-24-40(50(45)51)38-18-12-19-39(30-38)49-43-22-10-8-20-41(43)48(42-21-9-11-23-44(42)49)35-28-26-34(27-29-35)33-14-4-3-5-15-33/h3-32H,1-2H3;3-32H,1-2H3. The van der Waals surface area contributed by atoms with Crippen LogP contribution >= 0.6 is 0 Å². The molecule has 0 unspecified atom stereocenters. The van der Waals surface area contributed by atoms with Gasteiger partial charge in [-0.15, -0.1) is 0 Å². The van der Waals surface area contributed by atoms with Crippen LogP contribution in [0.1, 0.15) is 49.9 Å². The SMILES string of the molecule is CC1(C)c2cc3ccccc3cc2-c2cccc(-c3ccc(-c4c5ccccc5c(-c5ccc6c(ccc7ccccc76)c5)c5ccccc45)cc3)c21.CC1(C)c2cc3ccccc3cc2-c2cccc(-c3cccc(-c4c5ccccc5c(-c5ccc(-c6ccccc6)cc5)c5ccccc45)c3)c21. The van der Waals surface area contributed by atoms with Crippen molar-refractivity contribution in [1.29, 1.82) is 0 Å². The second-order valence-electron chi connectivity index (χ2n) is 29.7. The molecule has 0 heterocycles. The van der Waals surface area contributed by atoms with Gasteiger partial charge in [0.2, 0.25) is 0 Å². The first-order valence-corrected chi connectivity index (χ1v) is 36.6. The van der Waals surface area contributed by atoms with Gasteiger partial charge < -0.3 is 0 Å². The van der Waals surface area contributed by atoms with Crippen LogP contribution in [-0.2, 0) is 10.8 Å². The van der Waals surface area contributed by atoms with Gasteiger partial charge in [-0.05, 0) is 245 Å². The Morgan fingerprint density at radius 1 is 0.154 bits per heavy atom. The van der Waals surface area contributed by atoms with Crippen LogP contribution in [0.15, 0.2) is 364 Å². The zero-order valence-electron chi connectivity index (χ0n) is 58.6. The zero-order chi connectivity index (χ0) is 69.4. The van der Waals surface area contributed by atoms with Crippen LogP contribution in [0.4, 0.5) is 0 Å². The lowest BCUT2D eigenvalue weighted by atomic mass is 9.78. The van der Waals surface area contributed by atoms with Gasteiger partial charge in [0.1, 0.15) is 0 Å². The second kappa shape index (κ2) is 24.0. The summed E-state index contributed by atoms with van der Waals surface area (Å²) in [5, 5.41) is 20.5. The fraction of sp³-hybridized carbons (Fsp3) is 0.0577. The van der Waals surface area contributed by atoms with Gasteiger partial charge in [-0.25, -0.2) is 0 Å². The Balaban J connectivity index is 0.000000139. The topological polar surface area (TPSA) is 0 Å². The van der Waals surface area contributed by atoms with Gasteiger partial charge in [0, 0.05) is 10.8 Å². The molecule has 19 aromatic rings. The van der Waals surface area contributed by atoms with Crippen LogP contribution in [0.25, 0.3) is 186 Å². The van der Waals surface area contributed by atoms with Gasteiger partial charge in [-0.2, -0.15) is 0 Å². The highest BCUT2D eigenvalue weighted by Gasteiger charge is 2.40. The van der Waals surface area contributed by atoms with Crippen LogP contribution in [0.2, 0.25) is 0 Å². The van der Waals surface area contributed by atoms with Gasteiger partial charge in [-0.1, -0.05) is 355 Å². The summed E-state index contributed by atoms with van der Waals surface area (Å²) in [7, 11) is 0. The van der Waals surface area contributed by atoms with Crippen LogP contribution < -0.4 is 0 Å². The van der Waals surface area contributed by atoms with Gasteiger partial charge in [-0.3, -0.25) is 0 Å². The largest absolute Gasteiger partial charge is 0.0622 e. The van der Waals surface area contributed by atoms with Gasteiger partial charge in [0.05, 0.1) is 0 Å². The van der Waals surface area contributed by atoms with Crippen molar-refractivity contribution >= 4 is 86.2 Å². The summed E-state index contributed by atoms with van der Waals surface area (Å²) < 4.78 is 0. The third kappa shape index (κ3) is 9.66. The molecule has 0 amide bonds. The fourth-order valence-electron chi connectivity index (χ4n) is 18.4. The quantitative estimate of drug-likeness (QED) is 0.110. The molecule has 0 radical (unpaired) electrons. The minimum atomic E-state index is -0.127. The van der Waals surface area contributed by atoms with Crippen molar-refractivity contribution in [2.75, 3.05) is 0 Å². The number of rotatable bonds is 7. The van der Waals surface area contributed by atoms with Gasteiger partial charge in [0.15, 0.2) is 0 Å². The minimum absolute atomic E-state index is 0.109. The molecule has 0 fully saturated rings. The van der Waals surface area contributed by atoms with Crippen molar-refractivity contribution in [2.45, 2.75) is 38.5 Å². The van der Waals surface area contributed by atoms with Crippen molar-refractivity contribution in [1.82, 2.24) is 0 Å². The summed E-state index contributed by atoms with van der Waals surface area (Å²) >= 11 is 0. The van der Waals surface area contributed by atoms with Crippen molar-refractivity contribution in [3.05, 3.63) is 386 Å². The van der Waals surface area contributed by atoms with E-state index < -0.39 is 0 Å². The molecule has 0 N–H and O–H groups in total. The minimum Gasteiger partial charge on any atom is -0.0622 e. The Hall–Kier alpha value is -12.7. The van der Waals surface area contributed by atoms with E-state index in [0.717, 1.165) is 0 Å². The van der Waals surface area contributed by atoms with Crippen LogP contribution in [-0.4, -0.2) is 0 Å². The predicted octanol–water partition coefficient (Wildman–Crippen LogP) is 28.9. The Bertz CT molecular complexity index is 6630. The lowest BCUT2D eigenvalue weighted by Crippen LogP contribution is -2.16. The third-order valence-electron chi connectivity index (χ3n) is 23.2. The molecule has 0 bridgehead atoms. The number of hydrogen-bond donors (Lipinski definition) is 0. The molecule has 488 valence electrons. The first-order valence-electron chi connectivity index (χ1n) is 36.6. The Morgan fingerprint density at radius 2 is 0.452 bits per heavy atom. The molecule has 19 aromatic carbocycles. The highest BCUT2D eigenvalue weighted by molar-refractivity contribution is 6.24. The highest BCUT2D eigenvalue weighted by atomic mass is 14.4. The maximum atomic E-state index is 2.42. The molecular formula is C104H72. The normalized spacial score (nSPS) is 13.2. The van der Waals surface area contributed by atoms with E-state index in [1.165, 1.54) is 209 Å². The van der Waals surface area contributed by atoms with Crippen LogP contribution in [0.3, 0.4) is 0 Å². The zero-order valence-corrected chi connectivity index (χ0v) is 58.6. The summed E-state index contributed by atoms with van der Waals surface area (Å²) in [4.78, 5) is 0. The van der Waals surface area contributed by atoms with E-state index in [9.17, 15) is 0 Å². The maximum Gasteiger partial charge on any atom is 0.0165 e. The van der Waals surface area contributed by atoms with E-state index in [0.29, 0.717) is 0 Å². The Kier molecular flexibility index (Phi) is 14.1. The molecule has 2 aliphatic rings. The van der Waals surface area contributed by atoms with Crippen LogP contribution in [0.5, 0.6) is 0 Å². The molecule has 0 atom stereocenters. The van der Waals surface area contributed by atoms with Crippen LogP contribution in [0, 0.1) is 0 Å². The fourth-order valence-corrected chi connectivity index (χ4v) is 18.4. The number of hydrogen-bond acceptors (Lipinski definition) is 0. The lowest BCUT2D eigenvalue weighted by molar-refractivity contribution is 0.663. The monoisotopic (exact) mass is 1320 g/mol. The molecule has 0 aliphatic heterocycles. The van der Waals surface area contributed by atoms with E-state index in [4.69, 9.17) is 0 Å². The highest BCUT2D eigenvalue weighted by Crippen LogP contribution is 2.56. The summed E-state index contributed by atoms with van der Waals surface area (Å²) in [5.74, 6) is 0. The molecule has 0 spiro atoms. The average molecular weight is 1320 g/mol. The van der Waals surface area contributed by atoms with E-state index in [2.05, 4.69) is 392 Å².